The first-order valence-corrected chi connectivity index (χ1v) is 18.6. The highest BCUT2D eigenvalue weighted by Crippen LogP contribution is 2.64. The molecule has 0 unspecified atom stereocenters. The van der Waals surface area contributed by atoms with E-state index in [1.54, 1.807) is 52.8 Å². The van der Waals surface area contributed by atoms with Gasteiger partial charge in [-0.1, -0.05) is 52.8 Å². The predicted molar refractivity (Wildman–Crippen MR) is 189 cm³/mol. The Balaban J connectivity index is 1.50. The molecule has 2 bridgehead atoms. The summed E-state index contributed by atoms with van der Waals surface area (Å²) >= 11 is 0. The van der Waals surface area contributed by atoms with Gasteiger partial charge in [-0.15, -0.1) is 0 Å². The molecule has 1 aliphatic heterocycles. The highest BCUT2D eigenvalue weighted by Gasteiger charge is 2.78. The second-order valence-corrected chi connectivity index (χ2v) is 17.7. The summed E-state index contributed by atoms with van der Waals surface area (Å²) in [7, 11) is 0. The van der Waals surface area contributed by atoms with E-state index in [1.165, 1.54) is 32.9 Å². The van der Waals surface area contributed by atoms with Crippen LogP contribution in [-0.2, 0) is 38.1 Å². The Bertz CT molecular complexity index is 1750. The van der Waals surface area contributed by atoms with Crippen molar-refractivity contribution in [1.29, 1.82) is 0 Å². The standard InChI is InChI=1S/C40H53NO13/c1-19-23(52-35(49)28(45)30(36(3,4)5)41-33(47)21-14-15-21)17-40(50)32(53-34(48)22-12-10-9-11-13-22)29-38(8,31(46)27(44)26(19)37(40,6)7)24(43)16-25-39(29,18-51-25)54-20(2)42/h9-13,21,23-25,27-30,32,43-45,50H,14-18H2,1-8H3,(H,41,47)/t23-,24-,25+,27+,28+,29-,30+,32-,38+,39-,40+/m0/s1. The SMILES string of the molecule is CC(=O)O[C@@]12CO[C@@H]1C[C@H](O)[C@@]1(C)C(=O)[C@H](O)C3=C(C)[C@@H](OC(=O)[C@H](O)[C@@H](NC(=O)C4CC4)C(C)(C)C)C[C@@](O)([C@@H](OC(=O)c4ccccc4)[C@H]21)C3(C)C. The van der Waals surface area contributed by atoms with Gasteiger partial charge in [0.05, 0.1) is 35.6 Å². The number of Topliss-reactive ketones (excluding diaryl/α,β-unsaturated/α-hetero) is 1. The van der Waals surface area contributed by atoms with Gasteiger partial charge in [-0.2, -0.15) is 0 Å². The molecule has 0 radical (unpaired) electrons. The monoisotopic (exact) mass is 755 g/mol. The second-order valence-electron chi connectivity index (χ2n) is 17.7. The van der Waals surface area contributed by atoms with Crippen LogP contribution >= 0.6 is 0 Å². The molecule has 1 aromatic rings. The summed E-state index contributed by atoms with van der Waals surface area (Å²) in [4.78, 5) is 68.4. The van der Waals surface area contributed by atoms with Crippen molar-refractivity contribution in [3.05, 3.63) is 47.0 Å². The van der Waals surface area contributed by atoms with Crippen LogP contribution in [0.4, 0.5) is 0 Å². The number of benzene rings is 1. The van der Waals surface area contributed by atoms with E-state index in [2.05, 4.69) is 5.32 Å². The summed E-state index contributed by atoms with van der Waals surface area (Å²) in [6.45, 7) is 12.2. The lowest BCUT2D eigenvalue weighted by molar-refractivity contribution is -0.346. The van der Waals surface area contributed by atoms with Gasteiger partial charge < -0.3 is 44.7 Å². The maximum absolute atomic E-state index is 14.9. The molecule has 11 atom stereocenters. The lowest BCUT2D eigenvalue weighted by atomic mass is 9.44. The molecule has 4 aliphatic carbocycles. The fourth-order valence-electron chi connectivity index (χ4n) is 9.51. The van der Waals surface area contributed by atoms with Crippen LogP contribution < -0.4 is 5.32 Å². The molecule has 296 valence electrons. The van der Waals surface area contributed by atoms with Crippen LogP contribution in [0, 0.1) is 28.1 Å². The summed E-state index contributed by atoms with van der Waals surface area (Å²) < 4.78 is 24.1. The largest absolute Gasteiger partial charge is 0.456 e. The van der Waals surface area contributed by atoms with E-state index in [1.807, 2.05) is 0 Å². The number of carbonyl (C=O) groups excluding carboxylic acids is 5. The van der Waals surface area contributed by atoms with Gasteiger partial charge >= 0.3 is 17.9 Å². The Morgan fingerprint density at radius 3 is 2.19 bits per heavy atom. The molecule has 1 amide bonds. The molecular weight excluding hydrogens is 702 g/mol. The van der Waals surface area contributed by atoms with Crippen molar-refractivity contribution in [2.24, 2.45) is 28.1 Å². The van der Waals surface area contributed by atoms with Crippen LogP contribution in [0.5, 0.6) is 0 Å². The smallest absolute Gasteiger partial charge is 0.338 e. The Morgan fingerprint density at radius 2 is 1.65 bits per heavy atom. The van der Waals surface area contributed by atoms with Crippen LogP contribution in [0.15, 0.2) is 41.5 Å². The van der Waals surface area contributed by atoms with Gasteiger partial charge in [0.1, 0.15) is 30.0 Å². The molecule has 0 aromatic heterocycles. The van der Waals surface area contributed by atoms with Crippen molar-refractivity contribution in [3.8, 4) is 0 Å². The Kier molecular flexibility index (Phi) is 10.0. The average molecular weight is 756 g/mol. The van der Waals surface area contributed by atoms with Crippen molar-refractivity contribution in [2.45, 2.75) is 135 Å². The number of hydrogen-bond donors (Lipinski definition) is 5. The molecule has 0 spiro atoms. The number of rotatable bonds is 8. The van der Waals surface area contributed by atoms with Crippen molar-refractivity contribution in [2.75, 3.05) is 6.61 Å². The molecule has 5 N–H and O–H groups in total. The zero-order valence-electron chi connectivity index (χ0n) is 32.1. The molecule has 1 heterocycles. The van der Waals surface area contributed by atoms with E-state index in [0.29, 0.717) is 12.8 Å². The number of amides is 1. The summed E-state index contributed by atoms with van der Waals surface area (Å²) in [5.41, 5.74) is -8.09. The van der Waals surface area contributed by atoms with Crippen molar-refractivity contribution >= 4 is 29.6 Å². The number of aliphatic hydroxyl groups is 4. The Morgan fingerprint density at radius 1 is 1.02 bits per heavy atom. The van der Waals surface area contributed by atoms with Crippen molar-refractivity contribution in [3.63, 3.8) is 0 Å². The lowest BCUT2D eigenvalue weighted by Gasteiger charge is -2.67. The molecular formula is C40H53NO13. The molecule has 6 rings (SSSR count). The van der Waals surface area contributed by atoms with Gasteiger partial charge in [0, 0.05) is 31.1 Å². The predicted octanol–water partition coefficient (Wildman–Crippen LogP) is 1.93. The van der Waals surface area contributed by atoms with E-state index in [0.717, 1.165) is 0 Å². The third-order valence-corrected chi connectivity index (χ3v) is 12.9. The number of ether oxygens (including phenoxy) is 4. The summed E-state index contributed by atoms with van der Waals surface area (Å²) in [6.07, 6.45) is -8.68. The highest BCUT2D eigenvalue weighted by molar-refractivity contribution is 5.94. The van der Waals surface area contributed by atoms with E-state index >= 15 is 0 Å². The first-order valence-electron chi connectivity index (χ1n) is 18.6. The number of carbonyl (C=O) groups is 5. The topological polar surface area (TPSA) is 215 Å². The molecule has 14 nitrogen and oxygen atoms in total. The third kappa shape index (κ3) is 6.18. The normalized spacial score (nSPS) is 36.9. The van der Waals surface area contributed by atoms with E-state index in [9.17, 15) is 44.4 Å². The minimum absolute atomic E-state index is 0.0240. The summed E-state index contributed by atoms with van der Waals surface area (Å²) in [5.74, 6) is -5.65. The van der Waals surface area contributed by atoms with Gasteiger partial charge in [0.25, 0.3) is 0 Å². The van der Waals surface area contributed by atoms with Crippen LogP contribution in [0.1, 0.15) is 91.4 Å². The van der Waals surface area contributed by atoms with Gasteiger partial charge in [-0.25, -0.2) is 9.59 Å². The highest BCUT2D eigenvalue weighted by atomic mass is 16.6. The maximum Gasteiger partial charge on any atom is 0.338 e. The minimum Gasteiger partial charge on any atom is -0.456 e. The maximum atomic E-state index is 14.9. The van der Waals surface area contributed by atoms with E-state index < -0.39 is 106 Å². The molecule has 4 fully saturated rings. The van der Waals surface area contributed by atoms with Gasteiger partial charge in [-0.05, 0) is 55.4 Å². The molecule has 1 saturated heterocycles. The van der Waals surface area contributed by atoms with Crippen molar-refractivity contribution < 1.29 is 63.3 Å². The van der Waals surface area contributed by atoms with Gasteiger partial charge in [0.2, 0.25) is 5.91 Å². The van der Waals surface area contributed by atoms with Crippen molar-refractivity contribution in [1.82, 2.24) is 5.32 Å². The zero-order chi connectivity index (χ0) is 39.9. The molecule has 14 heteroatoms. The van der Waals surface area contributed by atoms with Crippen LogP contribution in [-0.4, -0.2) is 110 Å². The number of nitrogens with one attached hydrogen (secondary N) is 1. The fourth-order valence-corrected chi connectivity index (χ4v) is 9.51. The van der Waals surface area contributed by atoms with Crippen LogP contribution in [0.3, 0.4) is 0 Å². The third-order valence-electron chi connectivity index (χ3n) is 12.9. The number of fused-ring (bicyclic) bond motifs is 5. The second kappa shape index (κ2) is 13.5. The summed E-state index contributed by atoms with van der Waals surface area (Å²) in [5, 5.41) is 51.5. The molecule has 3 saturated carbocycles. The quantitative estimate of drug-likeness (QED) is 0.146. The summed E-state index contributed by atoms with van der Waals surface area (Å²) in [6, 6.07) is 6.85. The van der Waals surface area contributed by atoms with Crippen LogP contribution in [0.2, 0.25) is 0 Å². The number of ketones is 1. The van der Waals surface area contributed by atoms with Crippen LogP contribution in [0.25, 0.3) is 0 Å². The number of aliphatic hydroxyl groups excluding tert-OH is 3. The lowest BCUT2D eigenvalue weighted by Crippen LogP contribution is -2.81. The number of hydrogen-bond acceptors (Lipinski definition) is 13. The Labute approximate surface area is 314 Å². The van der Waals surface area contributed by atoms with E-state index in [4.69, 9.17) is 18.9 Å². The van der Waals surface area contributed by atoms with Gasteiger partial charge in [0.15, 0.2) is 17.5 Å². The first-order chi connectivity index (χ1) is 25.0. The minimum atomic E-state index is -2.30. The molecule has 1 aromatic carbocycles. The van der Waals surface area contributed by atoms with E-state index in [-0.39, 0.29) is 41.6 Å². The number of esters is 3. The van der Waals surface area contributed by atoms with Gasteiger partial charge in [-0.3, -0.25) is 14.4 Å². The molecule has 5 aliphatic rings. The fraction of sp³-hybridized carbons (Fsp3) is 0.675. The Hall–Kier alpha value is -3.69. The average Bonchev–Trinajstić information content (AvgIpc) is 3.94. The molecule has 54 heavy (non-hydrogen) atoms. The first kappa shape index (κ1) is 40.0. The zero-order valence-corrected chi connectivity index (χ0v) is 32.1.